The molecule has 0 aromatic rings. The molecule has 0 aliphatic rings. The maximum Gasteiger partial charge on any atom is -0.00489 e. The van der Waals surface area contributed by atoms with Crippen molar-refractivity contribution in [3.05, 3.63) is 0 Å². The molecule has 0 aromatic heterocycles. The molecule has 32 heavy (non-hydrogen) atoms. The van der Waals surface area contributed by atoms with Gasteiger partial charge in [0.2, 0.25) is 0 Å². The normalized spacial score (nSPS) is 13.5. The topological polar surface area (TPSA) is 52.0 Å². The van der Waals surface area contributed by atoms with Crippen molar-refractivity contribution in [2.75, 3.05) is 13.1 Å². The fourth-order valence-electron chi connectivity index (χ4n) is 5.11. The van der Waals surface area contributed by atoms with Crippen LogP contribution in [0.5, 0.6) is 0 Å². The van der Waals surface area contributed by atoms with Crippen LogP contribution in [0.15, 0.2) is 0 Å². The summed E-state index contributed by atoms with van der Waals surface area (Å²) in [4.78, 5) is 0. The van der Waals surface area contributed by atoms with E-state index in [0.29, 0.717) is 0 Å². The van der Waals surface area contributed by atoms with E-state index in [1.807, 2.05) is 0 Å². The van der Waals surface area contributed by atoms with E-state index in [0.717, 1.165) is 24.9 Å². The standard InChI is InChI=1S/C30H64N2/c1-3-5-19-23-29(27-31)25-21-17-15-13-11-9-7-8-10-12-14-16-18-22-26-30(28-32)24-20-6-4-2/h29-30H,3-28,31-32H2,1-2H3. The van der Waals surface area contributed by atoms with E-state index in [-0.39, 0.29) is 0 Å². The van der Waals surface area contributed by atoms with Crippen LogP contribution in [0, 0.1) is 11.8 Å². The zero-order valence-corrected chi connectivity index (χ0v) is 22.7. The van der Waals surface area contributed by atoms with Crippen molar-refractivity contribution in [3.8, 4) is 0 Å². The number of hydrogen-bond acceptors (Lipinski definition) is 2. The Morgan fingerprint density at radius 1 is 0.344 bits per heavy atom. The molecule has 0 aliphatic carbocycles. The SMILES string of the molecule is CCCCCC(CN)CCCCCCCCCCCCCCCCC(CN)CCCCC. The van der Waals surface area contributed by atoms with E-state index in [4.69, 9.17) is 11.5 Å². The lowest BCUT2D eigenvalue weighted by Gasteiger charge is -2.14. The number of nitrogens with two attached hydrogens (primary N) is 2. The van der Waals surface area contributed by atoms with Gasteiger partial charge in [-0.25, -0.2) is 0 Å². The molecule has 0 saturated heterocycles. The second-order valence-electron chi connectivity index (χ2n) is 10.7. The molecule has 2 nitrogen and oxygen atoms in total. The first kappa shape index (κ1) is 31.9. The summed E-state index contributed by atoms with van der Waals surface area (Å²) in [7, 11) is 0. The van der Waals surface area contributed by atoms with Crippen molar-refractivity contribution in [2.45, 2.75) is 168 Å². The van der Waals surface area contributed by atoms with Gasteiger partial charge in [0.25, 0.3) is 0 Å². The van der Waals surface area contributed by atoms with Crippen molar-refractivity contribution >= 4 is 0 Å². The van der Waals surface area contributed by atoms with Gasteiger partial charge < -0.3 is 11.5 Å². The largest absolute Gasteiger partial charge is 0.330 e. The summed E-state index contributed by atoms with van der Waals surface area (Å²) < 4.78 is 0. The van der Waals surface area contributed by atoms with Gasteiger partial charge in [-0.15, -0.1) is 0 Å². The van der Waals surface area contributed by atoms with Crippen LogP contribution in [-0.4, -0.2) is 13.1 Å². The van der Waals surface area contributed by atoms with Crippen LogP contribution in [0.2, 0.25) is 0 Å². The predicted octanol–water partition coefficient (Wildman–Crippen LogP) is 9.54. The summed E-state index contributed by atoms with van der Waals surface area (Å²) in [5.41, 5.74) is 11.9. The average molecular weight is 453 g/mol. The molecule has 0 bridgehead atoms. The van der Waals surface area contributed by atoms with Crippen LogP contribution in [0.3, 0.4) is 0 Å². The van der Waals surface area contributed by atoms with Crippen LogP contribution < -0.4 is 11.5 Å². The summed E-state index contributed by atoms with van der Waals surface area (Å²) in [5.74, 6) is 1.58. The molecule has 2 heteroatoms. The van der Waals surface area contributed by atoms with E-state index < -0.39 is 0 Å². The van der Waals surface area contributed by atoms with E-state index in [9.17, 15) is 0 Å². The lowest BCUT2D eigenvalue weighted by Crippen LogP contribution is -2.14. The van der Waals surface area contributed by atoms with Gasteiger partial charge in [-0.2, -0.15) is 0 Å². The fourth-order valence-corrected chi connectivity index (χ4v) is 5.11. The van der Waals surface area contributed by atoms with E-state index in [1.165, 1.54) is 154 Å². The first-order chi connectivity index (χ1) is 15.8. The lowest BCUT2D eigenvalue weighted by molar-refractivity contribution is 0.413. The van der Waals surface area contributed by atoms with Gasteiger partial charge >= 0.3 is 0 Å². The molecule has 0 aliphatic heterocycles. The van der Waals surface area contributed by atoms with Gasteiger partial charge in [0, 0.05) is 0 Å². The predicted molar refractivity (Wildman–Crippen MR) is 147 cm³/mol. The molecular weight excluding hydrogens is 388 g/mol. The van der Waals surface area contributed by atoms with Crippen LogP contribution in [0.1, 0.15) is 168 Å². The highest BCUT2D eigenvalue weighted by Gasteiger charge is 2.06. The van der Waals surface area contributed by atoms with Gasteiger partial charge in [0.05, 0.1) is 0 Å². The molecule has 4 N–H and O–H groups in total. The highest BCUT2D eigenvalue weighted by Crippen LogP contribution is 2.19. The lowest BCUT2D eigenvalue weighted by atomic mass is 9.94. The molecule has 0 saturated carbocycles. The van der Waals surface area contributed by atoms with Gasteiger partial charge in [-0.1, -0.05) is 142 Å². The summed E-state index contributed by atoms with van der Waals surface area (Å²) in [6.07, 6.45) is 33.8. The Balaban J connectivity index is 3.26. The summed E-state index contributed by atoms with van der Waals surface area (Å²) in [6.45, 7) is 6.37. The third-order valence-corrected chi connectivity index (χ3v) is 7.57. The Morgan fingerprint density at radius 3 is 0.781 bits per heavy atom. The minimum absolute atomic E-state index is 0.792. The highest BCUT2D eigenvalue weighted by molar-refractivity contribution is 4.62. The Labute approximate surface area is 204 Å². The first-order valence-electron chi connectivity index (χ1n) is 15.2. The number of hydrogen-bond donors (Lipinski definition) is 2. The molecule has 2 atom stereocenters. The van der Waals surface area contributed by atoms with Crippen molar-refractivity contribution in [2.24, 2.45) is 23.3 Å². The molecular formula is C30H64N2. The van der Waals surface area contributed by atoms with Crippen molar-refractivity contribution in [1.82, 2.24) is 0 Å². The fraction of sp³-hybridized carbons (Fsp3) is 1.00. The molecule has 194 valence electrons. The smallest absolute Gasteiger partial charge is 0.00489 e. The number of rotatable bonds is 27. The Kier molecular flexibility index (Phi) is 27.1. The maximum atomic E-state index is 5.95. The highest BCUT2D eigenvalue weighted by atomic mass is 14.5. The van der Waals surface area contributed by atoms with E-state index in [2.05, 4.69) is 13.8 Å². The maximum absolute atomic E-state index is 5.95. The summed E-state index contributed by atoms with van der Waals surface area (Å²) >= 11 is 0. The molecule has 0 radical (unpaired) electrons. The van der Waals surface area contributed by atoms with Gasteiger partial charge in [-0.05, 0) is 50.6 Å². The van der Waals surface area contributed by atoms with Crippen LogP contribution >= 0.6 is 0 Å². The Morgan fingerprint density at radius 2 is 0.562 bits per heavy atom. The van der Waals surface area contributed by atoms with Crippen molar-refractivity contribution in [1.29, 1.82) is 0 Å². The number of unbranched alkanes of at least 4 members (excludes halogenated alkanes) is 17. The van der Waals surface area contributed by atoms with E-state index >= 15 is 0 Å². The average Bonchev–Trinajstić information content (AvgIpc) is 2.81. The van der Waals surface area contributed by atoms with Crippen LogP contribution in [0.4, 0.5) is 0 Å². The third kappa shape index (κ3) is 23.1. The quantitative estimate of drug-likeness (QED) is 0.122. The van der Waals surface area contributed by atoms with Gasteiger partial charge in [0.15, 0.2) is 0 Å². The zero-order valence-electron chi connectivity index (χ0n) is 22.7. The second kappa shape index (κ2) is 27.2. The Hall–Kier alpha value is -0.0800. The van der Waals surface area contributed by atoms with Gasteiger partial charge in [0.1, 0.15) is 0 Å². The molecule has 0 heterocycles. The first-order valence-corrected chi connectivity index (χ1v) is 15.2. The minimum Gasteiger partial charge on any atom is -0.330 e. The summed E-state index contributed by atoms with van der Waals surface area (Å²) in [6, 6.07) is 0. The van der Waals surface area contributed by atoms with Gasteiger partial charge in [-0.3, -0.25) is 0 Å². The minimum atomic E-state index is 0.792. The zero-order chi connectivity index (χ0) is 23.5. The monoisotopic (exact) mass is 453 g/mol. The molecule has 0 spiro atoms. The molecule has 0 aromatic carbocycles. The van der Waals surface area contributed by atoms with Crippen LogP contribution in [0.25, 0.3) is 0 Å². The molecule has 0 fully saturated rings. The molecule has 0 rings (SSSR count). The van der Waals surface area contributed by atoms with Crippen LogP contribution in [-0.2, 0) is 0 Å². The third-order valence-electron chi connectivity index (χ3n) is 7.57. The van der Waals surface area contributed by atoms with Crippen molar-refractivity contribution in [3.63, 3.8) is 0 Å². The van der Waals surface area contributed by atoms with E-state index in [1.54, 1.807) is 0 Å². The molecule has 2 unspecified atom stereocenters. The Bertz CT molecular complexity index is 299. The molecule has 0 amide bonds. The second-order valence-corrected chi connectivity index (χ2v) is 10.7. The summed E-state index contributed by atoms with van der Waals surface area (Å²) in [5, 5.41) is 0. The van der Waals surface area contributed by atoms with Crippen molar-refractivity contribution < 1.29 is 0 Å².